The van der Waals surface area contributed by atoms with Gasteiger partial charge in [0.25, 0.3) is 0 Å². The number of carbonyl (C=O) groups is 1. The molecule has 0 saturated heterocycles. The van der Waals surface area contributed by atoms with Crippen LogP contribution in [0.2, 0.25) is 0 Å². The fraction of sp³-hybridized carbons (Fsp3) is 0.242. The first-order valence-electron chi connectivity index (χ1n) is 13.2. The predicted octanol–water partition coefficient (Wildman–Crippen LogP) is 7.29. The van der Waals surface area contributed by atoms with E-state index >= 15 is 0 Å². The second-order valence-electron chi connectivity index (χ2n) is 10.5. The summed E-state index contributed by atoms with van der Waals surface area (Å²) in [6, 6.07) is 27.5. The van der Waals surface area contributed by atoms with E-state index in [9.17, 15) is 4.79 Å². The predicted molar refractivity (Wildman–Crippen MR) is 145 cm³/mol. The highest BCUT2D eigenvalue weighted by Crippen LogP contribution is 2.63. The number of aryl methyl sites for hydroxylation is 2. The molecular weight excluding hydrogens is 492 g/mol. The van der Waals surface area contributed by atoms with Crippen LogP contribution in [0.15, 0.2) is 84.9 Å². The van der Waals surface area contributed by atoms with Crippen LogP contribution in [-0.4, -0.2) is 19.4 Å². The number of hydrogen-bond acceptors (Lipinski definition) is 6. The van der Waals surface area contributed by atoms with Crippen LogP contribution < -0.4 is 18.9 Å². The lowest BCUT2D eigenvalue weighted by Gasteiger charge is -2.53. The smallest absolute Gasteiger partial charge is 0.315 e. The Morgan fingerprint density at radius 3 is 1.79 bits per heavy atom. The third-order valence-electron chi connectivity index (χ3n) is 7.99. The van der Waals surface area contributed by atoms with Gasteiger partial charge in [-0.1, -0.05) is 47.5 Å². The topological polar surface area (TPSA) is 63.2 Å². The van der Waals surface area contributed by atoms with Gasteiger partial charge in [-0.15, -0.1) is 0 Å². The fourth-order valence-corrected chi connectivity index (χ4v) is 6.04. The van der Waals surface area contributed by atoms with Crippen LogP contribution in [0.25, 0.3) is 0 Å². The molecule has 6 heteroatoms. The molecule has 0 aromatic heterocycles. The molecule has 3 aliphatic rings. The van der Waals surface area contributed by atoms with E-state index in [-0.39, 0.29) is 36.4 Å². The van der Waals surface area contributed by atoms with E-state index in [0.29, 0.717) is 29.6 Å². The molecule has 1 saturated carbocycles. The molecule has 2 heterocycles. The summed E-state index contributed by atoms with van der Waals surface area (Å²) < 4.78 is 29.8. The Bertz CT molecular complexity index is 1540. The average molecular weight is 521 g/mol. The van der Waals surface area contributed by atoms with Gasteiger partial charge in [0.1, 0.15) is 34.5 Å². The molecule has 4 atom stereocenters. The fourth-order valence-electron chi connectivity index (χ4n) is 6.04. The zero-order valence-electron chi connectivity index (χ0n) is 21.8. The van der Waals surface area contributed by atoms with E-state index in [4.69, 9.17) is 23.7 Å². The normalized spacial score (nSPS) is 22.8. The number of esters is 1. The molecule has 0 spiro atoms. The van der Waals surface area contributed by atoms with Gasteiger partial charge in [0.15, 0.2) is 6.79 Å². The van der Waals surface area contributed by atoms with E-state index in [2.05, 4.69) is 6.07 Å². The van der Waals surface area contributed by atoms with E-state index in [1.54, 1.807) is 0 Å². The Morgan fingerprint density at radius 2 is 1.18 bits per heavy atom. The van der Waals surface area contributed by atoms with Crippen LogP contribution in [0.4, 0.5) is 0 Å². The Labute approximate surface area is 227 Å². The molecule has 2 aliphatic heterocycles. The van der Waals surface area contributed by atoms with Gasteiger partial charge < -0.3 is 23.7 Å². The van der Waals surface area contributed by atoms with E-state index < -0.39 is 0 Å². The number of benzene rings is 4. The van der Waals surface area contributed by atoms with Crippen molar-refractivity contribution in [3.8, 4) is 34.5 Å². The molecule has 6 nitrogen and oxygen atoms in total. The van der Waals surface area contributed by atoms with Gasteiger partial charge in [0.2, 0.25) is 0 Å². The summed E-state index contributed by atoms with van der Waals surface area (Å²) >= 11 is 0. The van der Waals surface area contributed by atoms with Crippen LogP contribution in [0.5, 0.6) is 34.5 Å². The minimum Gasteiger partial charge on any atom is -0.467 e. The largest absolute Gasteiger partial charge is 0.467 e. The van der Waals surface area contributed by atoms with Crippen LogP contribution in [0.3, 0.4) is 0 Å². The van der Waals surface area contributed by atoms with Gasteiger partial charge >= 0.3 is 5.97 Å². The second kappa shape index (κ2) is 9.47. The molecule has 0 amide bonds. The zero-order valence-corrected chi connectivity index (χ0v) is 21.8. The minimum absolute atomic E-state index is 0.00523. The van der Waals surface area contributed by atoms with E-state index in [1.165, 1.54) is 5.56 Å². The Balaban J connectivity index is 1.20. The highest BCUT2D eigenvalue weighted by atomic mass is 16.7. The first-order chi connectivity index (χ1) is 19.0. The van der Waals surface area contributed by atoms with Gasteiger partial charge in [-0.2, -0.15) is 0 Å². The summed E-state index contributed by atoms with van der Waals surface area (Å²) in [6.07, 6.45) is 0. The van der Waals surface area contributed by atoms with Crippen molar-refractivity contribution >= 4 is 5.97 Å². The lowest BCUT2D eigenvalue weighted by Crippen LogP contribution is -2.53. The first kappa shape index (κ1) is 23.8. The quantitative estimate of drug-likeness (QED) is 0.208. The van der Waals surface area contributed by atoms with Gasteiger partial charge in [-0.3, -0.25) is 4.79 Å². The number of carbonyl (C=O) groups excluding carboxylic acids is 1. The SMILES string of the molecule is Cc1ccc(Oc2ccc3c(c2)OCOCC2C4C(=O)Oc5cc(Oc6ccc(C)cc6)ccc5C4C32)cc1. The summed E-state index contributed by atoms with van der Waals surface area (Å²) in [5.74, 6) is 3.62. The monoisotopic (exact) mass is 520 g/mol. The molecule has 1 aliphatic carbocycles. The highest BCUT2D eigenvalue weighted by molar-refractivity contribution is 5.82. The third-order valence-corrected chi connectivity index (χ3v) is 7.99. The lowest BCUT2D eigenvalue weighted by molar-refractivity contribution is -0.156. The standard InChI is InChI=1S/C33H28O6/c1-19-3-7-21(8-4-19)37-23-11-13-25-28(15-23)36-18-35-17-27-30(25)31-26-14-12-24(16-29(26)39-33(34)32(27)31)38-22-9-5-20(2)6-10-22/h3-16,27,30-32H,17-18H2,1-2H3. The van der Waals surface area contributed by atoms with Crippen molar-refractivity contribution in [1.82, 2.24) is 0 Å². The van der Waals surface area contributed by atoms with Crippen molar-refractivity contribution in [3.63, 3.8) is 0 Å². The molecule has 39 heavy (non-hydrogen) atoms. The van der Waals surface area contributed by atoms with E-state index in [1.807, 2.05) is 92.7 Å². The maximum Gasteiger partial charge on any atom is 0.315 e. The molecule has 0 N–H and O–H groups in total. The summed E-state index contributed by atoms with van der Waals surface area (Å²) in [5, 5.41) is 0. The first-order valence-corrected chi connectivity index (χ1v) is 13.2. The maximum absolute atomic E-state index is 13.2. The molecule has 4 aromatic carbocycles. The van der Waals surface area contributed by atoms with E-state index in [0.717, 1.165) is 28.2 Å². The van der Waals surface area contributed by atoms with Gasteiger partial charge in [-0.05, 0) is 61.4 Å². The van der Waals surface area contributed by atoms with Crippen molar-refractivity contribution in [1.29, 1.82) is 0 Å². The van der Waals surface area contributed by atoms with Crippen molar-refractivity contribution in [2.75, 3.05) is 13.4 Å². The van der Waals surface area contributed by atoms with Crippen LogP contribution in [0, 0.1) is 25.7 Å². The molecule has 4 unspecified atom stereocenters. The highest BCUT2D eigenvalue weighted by Gasteiger charge is 2.59. The summed E-state index contributed by atoms with van der Waals surface area (Å²) in [7, 11) is 0. The Kier molecular flexibility index (Phi) is 5.78. The zero-order chi connectivity index (χ0) is 26.5. The van der Waals surface area contributed by atoms with Crippen molar-refractivity contribution in [2.45, 2.75) is 25.7 Å². The average Bonchev–Trinajstić information content (AvgIpc) is 2.91. The number of fused-ring (bicyclic) bond motifs is 8. The minimum atomic E-state index is -0.263. The number of rotatable bonds is 4. The van der Waals surface area contributed by atoms with Gasteiger partial charge in [-0.25, -0.2) is 0 Å². The van der Waals surface area contributed by atoms with Crippen LogP contribution in [-0.2, 0) is 9.53 Å². The molecule has 196 valence electrons. The summed E-state index contributed by atoms with van der Waals surface area (Å²) in [5.41, 5.74) is 4.39. The van der Waals surface area contributed by atoms with Gasteiger partial charge in [0.05, 0.1) is 12.5 Å². The molecule has 7 rings (SSSR count). The van der Waals surface area contributed by atoms with Crippen molar-refractivity contribution < 1.29 is 28.5 Å². The molecule has 0 bridgehead atoms. The van der Waals surface area contributed by atoms with Crippen LogP contribution in [0.1, 0.15) is 34.1 Å². The van der Waals surface area contributed by atoms with Gasteiger partial charge in [0, 0.05) is 29.9 Å². The van der Waals surface area contributed by atoms with Crippen molar-refractivity contribution in [2.24, 2.45) is 11.8 Å². The molecular formula is C33H28O6. The lowest BCUT2D eigenvalue weighted by atomic mass is 9.51. The third kappa shape index (κ3) is 4.31. The Hall–Kier alpha value is -4.29. The molecule has 4 aromatic rings. The molecule has 1 fully saturated rings. The second-order valence-corrected chi connectivity index (χ2v) is 10.5. The Morgan fingerprint density at radius 1 is 0.641 bits per heavy atom. The number of ether oxygens (including phenoxy) is 5. The maximum atomic E-state index is 13.2. The summed E-state index contributed by atoms with van der Waals surface area (Å²) in [4.78, 5) is 13.2. The number of hydrogen-bond donors (Lipinski definition) is 0. The molecule has 0 radical (unpaired) electrons. The summed E-state index contributed by atoms with van der Waals surface area (Å²) in [6.45, 7) is 4.63. The van der Waals surface area contributed by atoms with Crippen LogP contribution >= 0.6 is 0 Å². The van der Waals surface area contributed by atoms with Crippen molar-refractivity contribution in [3.05, 3.63) is 107 Å².